The Balaban J connectivity index is 2.51. The van der Waals surface area contributed by atoms with Crippen molar-refractivity contribution in [1.29, 1.82) is 0 Å². The number of ether oxygens (including phenoxy) is 1. The summed E-state index contributed by atoms with van der Waals surface area (Å²) < 4.78 is 4.95. The third-order valence-corrected chi connectivity index (χ3v) is 1.16. The molecule has 0 saturated carbocycles. The number of amides is 1. The van der Waals surface area contributed by atoms with Crippen molar-refractivity contribution in [2.24, 2.45) is 0 Å². The molecule has 0 aromatic heterocycles. The van der Waals surface area contributed by atoms with Crippen LogP contribution in [0.1, 0.15) is 6.42 Å². The largest absolute Gasteiger partial charge is 0.488 e. The summed E-state index contributed by atoms with van der Waals surface area (Å²) in [4.78, 5) is 10.7. The monoisotopic (exact) mass is 127 g/mol. The van der Waals surface area contributed by atoms with Gasteiger partial charge in [-0.1, -0.05) is 0 Å². The van der Waals surface area contributed by atoms with Crippen LogP contribution in [0.3, 0.4) is 0 Å². The van der Waals surface area contributed by atoms with Crippen molar-refractivity contribution in [2.75, 3.05) is 13.7 Å². The molecule has 1 heterocycles. The summed E-state index contributed by atoms with van der Waals surface area (Å²) >= 11 is 0. The van der Waals surface area contributed by atoms with E-state index in [0.717, 1.165) is 6.42 Å². The molecule has 0 aromatic rings. The summed E-state index contributed by atoms with van der Waals surface area (Å²) in [5.74, 6) is 0.324. The lowest BCUT2D eigenvalue weighted by molar-refractivity contribution is -0.120. The minimum Gasteiger partial charge on any atom is -0.488 e. The van der Waals surface area contributed by atoms with Crippen LogP contribution < -0.4 is 5.32 Å². The molecule has 0 atom stereocenters. The van der Waals surface area contributed by atoms with Crippen LogP contribution in [0.4, 0.5) is 0 Å². The van der Waals surface area contributed by atoms with Crippen LogP contribution in [0.5, 0.6) is 0 Å². The Bertz CT molecular complexity index is 151. The number of rotatable bonds is 1. The van der Waals surface area contributed by atoms with Gasteiger partial charge in [0.05, 0.1) is 6.61 Å². The minimum absolute atomic E-state index is 0.132. The van der Waals surface area contributed by atoms with Gasteiger partial charge in [-0.05, 0) is 6.08 Å². The van der Waals surface area contributed by atoms with Crippen molar-refractivity contribution in [3.05, 3.63) is 11.8 Å². The molecule has 0 bridgehead atoms. The summed E-state index contributed by atoms with van der Waals surface area (Å²) in [6.45, 7) is 0.642. The van der Waals surface area contributed by atoms with Crippen molar-refractivity contribution in [2.45, 2.75) is 6.42 Å². The molecule has 1 aliphatic heterocycles. The Labute approximate surface area is 53.7 Å². The lowest BCUT2D eigenvalue weighted by Crippen LogP contribution is -2.19. The van der Waals surface area contributed by atoms with Gasteiger partial charge >= 0.3 is 0 Å². The quantitative estimate of drug-likeness (QED) is 0.540. The Kier molecular flexibility index (Phi) is 1.72. The Morgan fingerprint density at radius 3 is 3.11 bits per heavy atom. The van der Waals surface area contributed by atoms with Crippen LogP contribution in [-0.4, -0.2) is 19.6 Å². The lowest BCUT2D eigenvalue weighted by atomic mass is 10.4. The van der Waals surface area contributed by atoms with E-state index in [9.17, 15) is 4.79 Å². The van der Waals surface area contributed by atoms with E-state index in [1.165, 1.54) is 0 Å². The van der Waals surface area contributed by atoms with Gasteiger partial charge in [-0.2, -0.15) is 0 Å². The average molecular weight is 127 g/mol. The number of hydrogen-bond donors (Lipinski definition) is 1. The van der Waals surface area contributed by atoms with Crippen molar-refractivity contribution in [1.82, 2.24) is 5.32 Å². The Morgan fingerprint density at radius 1 is 1.89 bits per heavy atom. The predicted octanol–water partition coefficient (Wildman–Crippen LogP) is 0.0366. The van der Waals surface area contributed by atoms with E-state index >= 15 is 0 Å². The molecule has 1 N–H and O–H groups in total. The molecule has 1 amide bonds. The molecule has 0 radical (unpaired) electrons. The second-order valence-corrected chi connectivity index (χ2v) is 1.78. The first kappa shape index (κ1) is 6.13. The van der Waals surface area contributed by atoms with Crippen LogP contribution in [0, 0.1) is 0 Å². The molecule has 0 unspecified atom stereocenters. The van der Waals surface area contributed by atoms with Crippen LogP contribution in [0.2, 0.25) is 0 Å². The molecule has 0 aromatic carbocycles. The Hall–Kier alpha value is -0.990. The first-order valence-electron chi connectivity index (χ1n) is 2.89. The summed E-state index contributed by atoms with van der Waals surface area (Å²) in [5.41, 5.74) is 0. The molecule has 1 aliphatic rings. The van der Waals surface area contributed by atoms with Gasteiger partial charge in [0.1, 0.15) is 0 Å². The fourth-order valence-corrected chi connectivity index (χ4v) is 0.699. The molecule has 0 spiro atoms. The SMILES string of the molecule is CNC(=O)C1=CCCO1. The first-order chi connectivity index (χ1) is 4.34. The molecule has 3 heteroatoms. The Morgan fingerprint density at radius 2 is 2.67 bits per heavy atom. The van der Waals surface area contributed by atoms with Gasteiger partial charge in [0.25, 0.3) is 5.91 Å². The van der Waals surface area contributed by atoms with E-state index in [-0.39, 0.29) is 5.91 Å². The van der Waals surface area contributed by atoms with Gasteiger partial charge in [0, 0.05) is 13.5 Å². The summed E-state index contributed by atoms with van der Waals surface area (Å²) in [5, 5.41) is 2.47. The van der Waals surface area contributed by atoms with Crippen LogP contribution in [0.25, 0.3) is 0 Å². The zero-order valence-corrected chi connectivity index (χ0v) is 5.31. The number of carbonyl (C=O) groups is 1. The lowest BCUT2D eigenvalue weighted by Gasteiger charge is -1.99. The highest BCUT2D eigenvalue weighted by atomic mass is 16.5. The predicted molar refractivity (Wildman–Crippen MR) is 32.7 cm³/mol. The van der Waals surface area contributed by atoms with Crippen molar-refractivity contribution >= 4 is 5.91 Å². The van der Waals surface area contributed by atoms with E-state index in [1.807, 2.05) is 0 Å². The smallest absolute Gasteiger partial charge is 0.285 e. The van der Waals surface area contributed by atoms with Crippen LogP contribution in [-0.2, 0) is 9.53 Å². The molecule has 50 valence electrons. The summed E-state index contributed by atoms with van der Waals surface area (Å²) in [7, 11) is 1.59. The highest BCUT2D eigenvalue weighted by Crippen LogP contribution is 2.07. The maximum Gasteiger partial charge on any atom is 0.285 e. The molecular weight excluding hydrogens is 118 g/mol. The highest BCUT2D eigenvalue weighted by molar-refractivity contribution is 5.91. The van der Waals surface area contributed by atoms with Crippen LogP contribution in [0.15, 0.2) is 11.8 Å². The topological polar surface area (TPSA) is 38.3 Å². The van der Waals surface area contributed by atoms with Crippen LogP contribution >= 0.6 is 0 Å². The van der Waals surface area contributed by atoms with Gasteiger partial charge in [-0.3, -0.25) is 4.79 Å². The minimum atomic E-state index is -0.132. The number of likely N-dealkylation sites (N-methyl/N-ethyl adjacent to an activating group) is 1. The maximum atomic E-state index is 10.7. The van der Waals surface area contributed by atoms with E-state index in [0.29, 0.717) is 12.4 Å². The van der Waals surface area contributed by atoms with Crippen molar-refractivity contribution in [3.63, 3.8) is 0 Å². The maximum absolute atomic E-state index is 10.7. The number of nitrogens with one attached hydrogen (secondary N) is 1. The molecule has 0 aliphatic carbocycles. The zero-order chi connectivity index (χ0) is 6.69. The van der Waals surface area contributed by atoms with E-state index < -0.39 is 0 Å². The van der Waals surface area contributed by atoms with Crippen molar-refractivity contribution in [3.8, 4) is 0 Å². The van der Waals surface area contributed by atoms with E-state index in [4.69, 9.17) is 4.74 Å². The first-order valence-corrected chi connectivity index (χ1v) is 2.89. The van der Waals surface area contributed by atoms with E-state index in [2.05, 4.69) is 5.32 Å². The van der Waals surface area contributed by atoms with Gasteiger partial charge in [0.15, 0.2) is 5.76 Å². The third-order valence-electron chi connectivity index (χ3n) is 1.16. The fourth-order valence-electron chi connectivity index (χ4n) is 0.699. The number of hydrogen-bond acceptors (Lipinski definition) is 2. The molecule has 9 heavy (non-hydrogen) atoms. The summed E-state index contributed by atoms with van der Waals surface area (Å²) in [6, 6.07) is 0. The molecule has 3 nitrogen and oxygen atoms in total. The molecule has 0 fully saturated rings. The number of carbonyl (C=O) groups excluding carboxylic acids is 1. The average Bonchev–Trinajstić information content (AvgIpc) is 2.37. The fraction of sp³-hybridized carbons (Fsp3) is 0.500. The third kappa shape index (κ3) is 1.22. The van der Waals surface area contributed by atoms with Gasteiger partial charge in [-0.25, -0.2) is 0 Å². The van der Waals surface area contributed by atoms with E-state index in [1.54, 1.807) is 13.1 Å². The second kappa shape index (κ2) is 2.53. The zero-order valence-electron chi connectivity index (χ0n) is 5.31. The molecule has 1 rings (SSSR count). The summed E-state index contributed by atoms with van der Waals surface area (Å²) in [6.07, 6.45) is 2.64. The van der Waals surface area contributed by atoms with Gasteiger partial charge in [0.2, 0.25) is 0 Å². The molecular formula is C6H9NO2. The normalized spacial score (nSPS) is 16.3. The standard InChI is InChI=1S/C6H9NO2/c1-7-6(8)5-3-2-4-9-5/h3H,2,4H2,1H3,(H,7,8). The van der Waals surface area contributed by atoms with Gasteiger partial charge in [-0.15, -0.1) is 0 Å². The molecule has 0 saturated heterocycles. The second-order valence-electron chi connectivity index (χ2n) is 1.78. The van der Waals surface area contributed by atoms with Crippen molar-refractivity contribution < 1.29 is 9.53 Å². The highest BCUT2D eigenvalue weighted by Gasteiger charge is 2.11. The van der Waals surface area contributed by atoms with Gasteiger partial charge < -0.3 is 10.1 Å².